The highest BCUT2D eigenvalue weighted by Crippen LogP contribution is 1.95. The smallest absolute Gasteiger partial charge is 0.450 e. The van der Waals surface area contributed by atoms with Crippen LogP contribution < -0.4 is 5.73 Å². The van der Waals surface area contributed by atoms with Crippen LogP contribution in [-0.4, -0.2) is 22.9 Å². The van der Waals surface area contributed by atoms with Gasteiger partial charge in [0.15, 0.2) is 0 Å². The summed E-state index contributed by atoms with van der Waals surface area (Å²) in [6, 6.07) is 0. The third-order valence-electron chi connectivity index (χ3n) is 1.06. The average molecular weight is 163 g/mol. The van der Waals surface area contributed by atoms with E-state index in [9.17, 15) is 0 Å². The molecule has 0 aliphatic heterocycles. The Labute approximate surface area is 67.0 Å². The minimum Gasteiger partial charge on any atom is -0.450 e. The van der Waals surface area contributed by atoms with Gasteiger partial charge in [-0.15, -0.1) is 0 Å². The third-order valence-corrected chi connectivity index (χ3v) is 1.06. The summed E-state index contributed by atoms with van der Waals surface area (Å²) in [6.45, 7) is 3.07. The van der Waals surface area contributed by atoms with Gasteiger partial charge in [0.25, 0.3) is 0 Å². The molecule has 4 N–H and O–H groups in total. The minimum absolute atomic E-state index is 0.861. The summed E-state index contributed by atoms with van der Waals surface area (Å²) in [6.07, 6.45) is 3.33. The molecule has 0 aromatic carbocycles. The molecule has 0 aliphatic carbocycles. The summed E-state index contributed by atoms with van der Waals surface area (Å²) in [4.78, 5) is 8.56. The summed E-state index contributed by atoms with van der Waals surface area (Å²) < 4.78 is 0. The van der Waals surface area contributed by atoms with E-state index in [-0.39, 0.29) is 0 Å². The van der Waals surface area contributed by atoms with Gasteiger partial charge in [-0.1, -0.05) is 26.2 Å². The fourth-order valence-electron chi connectivity index (χ4n) is 0.571. The number of rotatable bonds is 4. The van der Waals surface area contributed by atoms with Crippen LogP contribution in [0.3, 0.4) is 0 Å². The molecule has 0 aromatic rings. The van der Waals surface area contributed by atoms with Crippen molar-refractivity contribution in [1.29, 1.82) is 0 Å². The maximum Gasteiger partial charge on any atom is 0.503 e. The molecular formula is C7H17NO3. The van der Waals surface area contributed by atoms with E-state index in [4.69, 9.17) is 20.7 Å². The van der Waals surface area contributed by atoms with E-state index in [1.807, 2.05) is 0 Å². The van der Waals surface area contributed by atoms with Gasteiger partial charge in [-0.2, -0.15) is 0 Å². The van der Waals surface area contributed by atoms with Gasteiger partial charge in [-0.05, 0) is 13.0 Å². The fraction of sp³-hybridized carbons (Fsp3) is 0.857. The van der Waals surface area contributed by atoms with E-state index in [0.29, 0.717) is 0 Å². The Hall–Kier alpha value is -0.770. The van der Waals surface area contributed by atoms with E-state index >= 15 is 0 Å². The minimum atomic E-state index is -1.83. The predicted octanol–water partition coefficient (Wildman–Crippen LogP) is 1.75. The van der Waals surface area contributed by atoms with Gasteiger partial charge < -0.3 is 15.9 Å². The second kappa shape index (κ2) is 12.0. The van der Waals surface area contributed by atoms with Crippen LogP contribution in [0.1, 0.15) is 32.6 Å². The first-order valence-electron chi connectivity index (χ1n) is 3.77. The van der Waals surface area contributed by atoms with Crippen LogP contribution in [0.4, 0.5) is 4.79 Å². The molecule has 4 nitrogen and oxygen atoms in total. The van der Waals surface area contributed by atoms with E-state index < -0.39 is 6.16 Å². The zero-order valence-electron chi connectivity index (χ0n) is 6.92. The molecule has 0 saturated carbocycles. The van der Waals surface area contributed by atoms with Gasteiger partial charge >= 0.3 is 6.16 Å². The van der Waals surface area contributed by atoms with Gasteiger partial charge in [-0.3, -0.25) is 0 Å². The molecule has 0 aliphatic rings. The van der Waals surface area contributed by atoms with E-state index in [0.717, 1.165) is 6.54 Å². The van der Waals surface area contributed by atoms with E-state index in [2.05, 4.69) is 6.92 Å². The van der Waals surface area contributed by atoms with Gasteiger partial charge in [0, 0.05) is 0 Å². The maximum atomic E-state index is 8.56. The Morgan fingerprint density at radius 3 is 2.00 bits per heavy atom. The van der Waals surface area contributed by atoms with Crippen molar-refractivity contribution in [2.24, 2.45) is 5.73 Å². The van der Waals surface area contributed by atoms with Gasteiger partial charge in [0.2, 0.25) is 0 Å². The Morgan fingerprint density at radius 1 is 1.27 bits per heavy atom. The zero-order valence-corrected chi connectivity index (χ0v) is 6.92. The van der Waals surface area contributed by atoms with Crippen LogP contribution in [0, 0.1) is 0 Å². The molecule has 0 radical (unpaired) electrons. The summed E-state index contributed by atoms with van der Waals surface area (Å²) in [5.74, 6) is 0. The zero-order chi connectivity index (χ0) is 9.11. The van der Waals surface area contributed by atoms with Crippen molar-refractivity contribution in [1.82, 2.24) is 0 Å². The lowest BCUT2D eigenvalue weighted by Crippen LogP contribution is -1.97. The number of hydrogen-bond acceptors (Lipinski definition) is 2. The van der Waals surface area contributed by atoms with Crippen LogP contribution in [0.2, 0.25) is 0 Å². The molecule has 0 heterocycles. The molecule has 4 heteroatoms. The first-order valence-corrected chi connectivity index (χ1v) is 3.77. The molecule has 0 spiro atoms. The molecule has 68 valence electrons. The molecule has 0 atom stereocenters. The first-order chi connectivity index (χ1) is 5.15. The molecule has 0 bridgehead atoms. The quantitative estimate of drug-likeness (QED) is 0.551. The highest BCUT2D eigenvalue weighted by molar-refractivity contribution is 5.53. The van der Waals surface area contributed by atoms with Crippen molar-refractivity contribution in [3.8, 4) is 0 Å². The Kier molecular flexibility index (Phi) is 14.0. The van der Waals surface area contributed by atoms with Gasteiger partial charge in [0.05, 0.1) is 0 Å². The highest BCUT2D eigenvalue weighted by atomic mass is 16.6. The molecule has 0 saturated heterocycles. The lowest BCUT2D eigenvalue weighted by molar-refractivity contribution is 0.137. The molecular weight excluding hydrogens is 146 g/mol. The molecule has 11 heavy (non-hydrogen) atoms. The summed E-state index contributed by atoms with van der Waals surface area (Å²) in [5, 5.41) is 13.9. The molecule has 0 fully saturated rings. The fourth-order valence-corrected chi connectivity index (χ4v) is 0.571. The van der Waals surface area contributed by atoms with Crippen LogP contribution in [0.5, 0.6) is 0 Å². The third kappa shape index (κ3) is 46.2. The van der Waals surface area contributed by atoms with Crippen molar-refractivity contribution in [2.75, 3.05) is 6.54 Å². The largest absolute Gasteiger partial charge is 0.503 e. The normalized spacial score (nSPS) is 8.18. The monoisotopic (exact) mass is 163 g/mol. The van der Waals surface area contributed by atoms with Crippen LogP contribution >= 0.6 is 0 Å². The standard InChI is InChI=1S/C6H15N.CH2O3/c1-2-3-4-5-6-7;2-1(3)4/h2-7H2,1H3;(H2,2,3,4). The van der Waals surface area contributed by atoms with Crippen LogP contribution in [0.15, 0.2) is 0 Å². The van der Waals surface area contributed by atoms with Crippen molar-refractivity contribution in [2.45, 2.75) is 32.6 Å². The van der Waals surface area contributed by atoms with E-state index in [1.54, 1.807) is 0 Å². The second-order valence-corrected chi connectivity index (χ2v) is 2.13. The van der Waals surface area contributed by atoms with E-state index in [1.165, 1.54) is 25.7 Å². The number of carbonyl (C=O) groups is 1. The van der Waals surface area contributed by atoms with Crippen LogP contribution in [0.25, 0.3) is 0 Å². The second-order valence-electron chi connectivity index (χ2n) is 2.13. The summed E-state index contributed by atoms with van der Waals surface area (Å²) in [7, 11) is 0. The molecule has 0 amide bonds. The highest BCUT2D eigenvalue weighted by Gasteiger charge is 1.80. The van der Waals surface area contributed by atoms with Crippen molar-refractivity contribution in [3.05, 3.63) is 0 Å². The number of carboxylic acid groups (broad SMARTS) is 2. The molecule has 0 rings (SSSR count). The van der Waals surface area contributed by atoms with Crippen molar-refractivity contribution >= 4 is 6.16 Å². The predicted molar refractivity (Wildman–Crippen MR) is 43.8 cm³/mol. The Balaban J connectivity index is 0. The van der Waals surface area contributed by atoms with Crippen molar-refractivity contribution < 1.29 is 15.0 Å². The summed E-state index contributed by atoms with van der Waals surface area (Å²) >= 11 is 0. The van der Waals surface area contributed by atoms with Gasteiger partial charge in [-0.25, -0.2) is 4.79 Å². The Bertz CT molecular complexity index is 77.8. The number of hydrogen-bond donors (Lipinski definition) is 3. The molecule has 0 aromatic heterocycles. The van der Waals surface area contributed by atoms with Crippen LogP contribution in [-0.2, 0) is 0 Å². The SMILES string of the molecule is CCCCCCN.O=C(O)O. The molecule has 0 unspecified atom stereocenters. The Morgan fingerprint density at radius 2 is 1.73 bits per heavy atom. The van der Waals surface area contributed by atoms with Gasteiger partial charge in [0.1, 0.15) is 0 Å². The summed E-state index contributed by atoms with van der Waals surface area (Å²) in [5.41, 5.74) is 5.27. The van der Waals surface area contributed by atoms with Crippen molar-refractivity contribution in [3.63, 3.8) is 0 Å². The number of unbranched alkanes of at least 4 members (excludes halogenated alkanes) is 3. The maximum absolute atomic E-state index is 8.56. The number of nitrogens with two attached hydrogens (primary N) is 1. The topological polar surface area (TPSA) is 83.6 Å². The first kappa shape index (κ1) is 12.9. The average Bonchev–Trinajstić information content (AvgIpc) is 1.88. The lowest BCUT2D eigenvalue weighted by Gasteiger charge is -1.90. The lowest BCUT2D eigenvalue weighted by atomic mass is 10.2.